The number of nitrogens with one attached hydrogen (secondary N) is 1. The monoisotopic (exact) mass is 264 g/mol. The first-order valence-corrected chi connectivity index (χ1v) is 6.16. The van der Waals surface area contributed by atoms with Crippen molar-refractivity contribution in [3.05, 3.63) is 35.6 Å². The number of oxime groups is 1. The molecule has 1 aliphatic heterocycles. The van der Waals surface area contributed by atoms with E-state index in [1.54, 1.807) is 18.2 Å². The van der Waals surface area contributed by atoms with E-state index in [1.807, 2.05) is 20.8 Å². The molecule has 1 aromatic rings. The van der Waals surface area contributed by atoms with E-state index in [2.05, 4.69) is 10.5 Å². The number of rotatable bonds is 2. The van der Waals surface area contributed by atoms with E-state index in [4.69, 9.17) is 4.84 Å². The predicted octanol–water partition coefficient (Wildman–Crippen LogP) is 2.23. The van der Waals surface area contributed by atoms with Crippen molar-refractivity contribution in [3.8, 4) is 0 Å². The van der Waals surface area contributed by atoms with Gasteiger partial charge in [0.15, 0.2) is 0 Å². The highest BCUT2D eigenvalue weighted by Crippen LogP contribution is 2.19. The Bertz CT molecular complexity index is 520. The van der Waals surface area contributed by atoms with Gasteiger partial charge < -0.3 is 10.2 Å². The topological polar surface area (TPSA) is 50.7 Å². The fraction of sp³-hybridized carbons (Fsp3) is 0.429. The van der Waals surface area contributed by atoms with Crippen LogP contribution < -0.4 is 5.32 Å². The minimum atomic E-state index is -0.686. The molecule has 2 rings (SSSR count). The fourth-order valence-electron chi connectivity index (χ4n) is 1.82. The second kappa shape index (κ2) is 4.99. The first-order chi connectivity index (χ1) is 8.87. The van der Waals surface area contributed by atoms with E-state index in [1.165, 1.54) is 6.07 Å². The summed E-state index contributed by atoms with van der Waals surface area (Å²) in [5.74, 6) is -0.593. The molecule has 0 radical (unpaired) electrons. The largest absolute Gasteiger partial charge is 0.382 e. The van der Waals surface area contributed by atoms with Crippen LogP contribution in [0.15, 0.2) is 29.4 Å². The van der Waals surface area contributed by atoms with Gasteiger partial charge in [-0.05, 0) is 26.8 Å². The van der Waals surface area contributed by atoms with Gasteiger partial charge in [-0.2, -0.15) is 0 Å². The van der Waals surface area contributed by atoms with Crippen LogP contribution in [0.1, 0.15) is 32.8 Å². The van der Waals surface area contributed by atoms with Gasteiger partial charge in [-0.3, -0.25) is 4.79 Å². The average Bonchev–Trinajstić information content (AvgIpc) is 2.76. The van der Waals surface area contributed by atoms with Crippen LogP contribution in [-0.4, -0.2) is 23.3 Å². The Morgan fingerprint density at radius 1 is 1.42 bits per heavy atom. The average molecular weight is 264 g/mol. The molecule has 0 spiro atoms. The summed E-state index contributed by atoms with van der Waals surface area (Å²) in [6.07, 6.45) is -0.406. The number of nitrogens with zero attached hydrogens (tertiary/aromatic N) is 1. The van der Waals surface area contributed by atoms with Gasteiger partial charge in [0.25, 0.3) is 5.91 Å². The van der Waals surface area contributed by atoms with Crippen LogP contribution in [0, 0.1) is 5.82 Å². The minimum Gasteiger partial charge on any atom is -0.382 e. The van der Waals surface area contributed by atoms with Crippen molar-refractivity contribution >= 4 is 11.6 Å². The number of carbonyl (C=O) groups is 1. The van der Waals surface area contributed by atoms with Gasteiger partial charge in [0.2, 0.25) is 6.10 Å². The lowest BCUT2D eigenvalue weighted by Crippen LogP contribution is -2.45. The number of carbonyl (C=O) groups excluding carboxylic acids is 1. The lowest BCUT2D eigenvalue weighted by Gasteiger charge is -2.22. The predicted molar refractivity (Wildman–Crippen MR) is 70.3 cm³/mol. The lowest BCUT2D eigenvalue weighted by molar-refractivity contribution is -0.132. The Balaban J connectivity index is 2.04. The molecule has 0 bridgehead atoms. The molecule has 1 aromatic carbocycles. The van der Waals surface area contributed by atoms with E-state index in [0.29, 0.717) is 11.3 Å². The molecule has 4 nitrogen and oxygen atoms in total. The summed E-state index contributed by atoms with van der Waals surface area (Å²) in [5.41, 5.74) is 0.516. The highest BCUT2D eigenvalue weighted by Gasteiger charge is 2.31. The molecule has 1 heterocycles. The first kappa shape index (κ1) is 13.5. The highest BCUT2D eigenvalue weighted by molar-refractivity contribution is 6.04. The fourth-order valence-corrected chi connectivity index (χ4v) is 1.82. The van der Waals surface area contributed by atoms with E-state index < -0.39 is 6.10 Å². The van der Waals surface area contributed by atoms with Crippen molar-refractivity contribution in [1.29, 1.82) is 0 Å². The van der Waals surface area contributed by atoms with Crippen LogP contribution >= 0.6 is 0 Å². The molecule has 0 aromatic heterocycles. The van der Waals surface area contributed by atoms with Gasteiger partial charge in [-0.25, -0.2) is 4.39 Å². The zero-order valence-electron chi connectivity index (χ0n) is 11.2. The molecule has 0 saturated carbocycles. The minimum absolute atomic E-state index is 0.234. The highest BCUT2D eigenvalue weighted by atomic mass is 19.1. The SMILES string of the molecule is CC(C)(C)NC(=O)[C@@H]1CC(c2ccccc2F)=NO1. The van der Waals surface area contributed by atoms with Crippen molar-refractivity contribution in [2.75, 3.05) is 0 Å². The summed E-state index contributed by atoms with van der Waals surface area (Å²) in [6, 6.07) is 6.32. The zero-order valence-corrected chi connectivity index (χ0v) is 11.2. The van der Waals surface area contributed by atoms with Gasteiger partial charge in [0.1, 0.15) is 5.82 Å². The number of amides is 1. The summed E-state index contributed by atoms with van der Waals surface area (Å²) in [5, 5.41) is 6.63. The molecule has 19 heavy (non-hydrogen) atoms. The van der Waals surface area contributed by atoms with Crippen LogP contribution in [0.5, 0.6) is 0 Å². The van der Waals surface area contributed by atoms with Crippen LogP contribution in [0.25, 0.3) is 0 Å². The Hall–Kier alpha value is -1.91. The second-order valence-electron chi connectivity index (χ2n) is 5.56. The van der Waals surface area contributed by atoms with Crippen molar-refractivity contribution < 1.29 is 14.0 Å². The Morgan fingerprint density at radius 3 is 2.74 bits per heavy atom. The maximum atomic E-state index is 13.6. The Morgan fingerprint density at radius 2 is 2.11 bits per heavy atom. The third-order valence-electron chi connectivity index (χ3n) is 2.64. The molecule has 0 aliphatic carbocycles. The Kier molecular flexibility index (Phi) is 3.55. The molecule has 0 unspecified atom stereocenters. The number of hydrogen-bond donors (Lipinski definition) is 1. The van der Waals surface area contributed by atoms with Crippen LogP contribution in [0.3, 0.4) is 0 Å². The summed E-state index contributed by atoms with van der Waals surface area (Å²) >= 11 is 0. The summed E-state index contributed by atoms with van der Waals surface area (Å²) in [7, 11) is 0. The van der Waals surface area contributed by atoms with Gasteiger partial charge in [0, 0.05) is 17.5 Å². The third-order valence-corrected chi connectivity index (χ3v) is 2.64. The molecule has 1 aliphatic rings. The van der Waals surface area contributed by atoms with Crippen LogP contribution in [0.4, 0.5) is 4.39 Å². The molecule has 102 valence electrons. The number of halogens is 1. The van der Waals surface area contributed by atoms with Gasteiger partial charge in [0.05, 0.1) is 5.71 Å². The van der Waals surface area contributed by atoms with Crippen molar-refractivity contribution in [3.63, 3.8) is 0 Å². The van der Waals surface area contributed by atoms with Crippen LogP contribution in [-0.2, 0) is 9.63 Å². The molecule has 1 N–H and O–H groups in total. The van der Waals surface area contributed by atoms with E-state index >= 15 is 0 Å². The second-order valence-corrected chi connectivity index (χ2v) is 5.56. The molecular weight excluding hydrogens is 247 g/mol. The molecule has 5 heteroatoms. The smallest absolute Gasteiger partial charge is 0.264 e. The van der Waals surface area contributed by atoms with Crippen molar-refractivity contribution in [1.82, 2.24) is 5.32 Å². The lowest BCUT2D eigenvalue weighted by atomic mass is 10.0. The summed E-state index contributed by atoms with van der Waals surface area (Å²) in [6.45, 7) is 5.66. The Labute approximate surface area is 111 Å². The van der Waals surface area contributed by atoms with Crippen molar-refractivity contribution in [2.24, 2.45) is 5.16 Å². The summed E-state index contributed by atoms with van der Waals surface area (Å²) in [4.78, 5) is 17.0. The molecular formula is C14H17FN2O2. The van der Waals surface area contributed by atoms with E-state index in [9.17, 15) is 9.18 Å². The standard InChI is InChI=1S/C14H17FN2O2/c1-14(2,3)16-13(18)12-8-11(17-19-12)9-6-4-5-7-10(9)15/h4-7,12H,8H2,1-3H3,(H,16,18)/t12-/m0/s1. The number of benzene rings is 1. The number of hydrogen-bond acceptors (Lipinski definition) is 3. The van der Waals surface area contributed by atoms with Crippen molar-refractivity contribution in [2.45, 2.75) is 38.8 Å². The molecule has 0 fully saturated rings. The maximum Gasteiger partial charge on any atom is 0.264 e. The molecule has 0 saturated heterocycles. The maximum absolute atomic E-state index is 13.6. The zero-order chi connectivity index (χ0) is 14.0. The van der Waals surface area contributed by atoms with Gasteiger partial charge >= 0.3 is 0 Å². The first-order valence-electron chi connectivity index (χ1n) is 6.16. The van der Waals surface area contributed by atoms with E-state index in [0.717, 1.165) is 0 Å². The van der Waals surface area contributed by atoms with Gasteiger partial charge in [-0.1, -0.05) is 23.4 Å². The normalized spacial score (nSPS) is 18.7. The summed E-state index contributed by atoms with van der Waals surface area (Å²) < 4.78 is 13.6. The third kappa shape index (κ3) is 3.30. The van der Waals surface area contributed by atoms with Crippen LogP contribution in [0.2, 0.25) is 0 Å². The molecule has 1 atom stereocenters. The van der Waals surface area contributed by atoms with Gasteiger partial charge in [-0.15, -0.1) is 0 Å². The van der Waals surface area contributed by atoms with E-state index in [-0.39, 0.29) is 23.7 Å². The quantitative estimate of drug-likeness (QED) is 0.890. The molecule has 1 amide bonds.